The molecule has 2 amide bonds. The Balaban J connectivity index is 2.71. The molecule has 7 nitrogen and oxygen atoms in total. The number of nitrogens with two attached hydrogens (primary N) is 1. The quantitative estimate of drug-likeness (QED) is 0.610. The highest BCUT2D eigenvalue weighted by molar-refractivity contribution is 5.95. The third-order valence-electron chi connectivity index (χ3n) is 2.23. The molecule has 1 heterocycles. The molecule has 0 bridgehead atoms. The van der Waals surface area contributed by atoms with Crippen LogP contribution in [0.2, 0.25) is 0 Å². The van der Waals surface area contributed by atoms with E-state index < -0.39 is 29.8 Å². The van der Waals surface area contributed by atoms with Gasteiger partial charge in [0.1, 0.15) is 11.7 Å². The normalized spacial score (nSPS) is 11.6. The molecule has 1 atom stereocenters. The van der Waals surface area contributed by atoms with Crippen LogP contribution < -0.4 is 11.1 Å². The number of aliphatic carboxylic acids is 1. The van der Waals surface area contributed by atoms with Gasteiger partial charge in [-0.05, 0) is 18.6 Å². The van der Waals surface area contributed by atoms with Crippen molar-refractivity contribution in [3.8, 4) is 0 Å². The largest absolute Gasteiger partial charge is 0.480 e. The number of amides is 2. The molecule has 1 aromatic heterocycles. The number of carboxylic acid groups (broad SMARTS) is 1. The summed E-state index contributed by atoms with van der Waals surface area (Å²) in [6.07, 6.45) is -0.334. The van der Waals surface area contributed by atoms with E-state index in [4.69, 9.17) is 10.8 Å². The van der Waals surface area contributed by atoms with Crippen LogP contribution in [-0.4, -0.2) is 33.9 Å². The third-order valence-corrected chi connectivity index (χ3v) is 2.23. The summed E-state index contributed by atoms with van der Waals surface area (Å²) in [5, 5.41) is 11.0. The van der Waals surface area contributed by atoms with E-state index in [1.54, 1.807) is 0 Å². The average Bonchev–Trinajstić information content (AvgIpc) is 2.33. The molecule has 0 aromatic carbocycles. The second kappa shape index (κ2) is 6.43. The second-order valence-electron chi connectivity index (χ2n) is 3.71. The Hall–Kier alpha value is -2.51. The van der Waals surface area contributed by atoms with Gasteiger partial charge in [0.15, 0.2) is 0 Å². The maximum Gasteiger partial charge on any atom is 0.326 e. The van der Waals surface area contributed by atoms with Gasteiger partial charge in [-0.1, -0.05) is 6.07 Å². The number of rotatable bonds is 6. The summed E-state index contributed by atoms with van der Waals surface area (Å²) < 4.78 is 12.8. The van der Waals surface area contributed by atoms with Gasteiger partial charge in [-0.15, -0.1) is 0 Å². The molecular weight excluding hydrogens is 257 g/mol. The summed E-state index contributed by atoms with van der Waals surface area (Å²) in [4.78, 5) is 36.4. The van der Waals surface area contributed by atoms with Crippen molar-refractivity contribution in [2.24, 2.45) is 5.73 Å². The number of pyridine rings is 1. The zero-order chi connectivity index (χ0) is 14.4. The number of primary amides is 1. The second-order valence-corrected chi connectivity index (χ2v) is 3.71. The minimum atomic E-state index is -1.31. The lowest BCUT2D eigenvalue weighted by Crippen LogP contribution is -2.41. The van der Waals surface area contributed by atoms with Crippen LogP contribution in [0.15, 0.2) is 18.2 Å². The maximum absolute atomic E-state index is 12.8. The van der Waals surface area contributed by atoms with Crippen molar-refractivity contribution in [1.82, 2.24) is 10.3 Å². The maximum atomic E-state index is 12.8. The molecule has 0 aliphatic carbocycles. The molecule has 0 unspecified atom stereocenters. The van der Waals surface area contributed by atoms with Gasteiger partial charge in [-0.3, -0.25) is 9.59 Å². The Labute approximate surface area is 107 Å². The summed E-state index contributed by atoms with van der Waals surface area (Å²) in [6.45, 7) is 0. The zero-order valence-corrected chi connectivity index (χ0v) is 9.80. The monoisotopic (exact) mass is 269 g/mol. The van der Waals surface area contributed by atoms with E-state index in [0.717, 1.165) is 6.07 Å². The van der Waals surface area contributed by atoms with E-state index in [0.29, 0.717) is 0 Å². The van der Waals surface area contributed by atoms with Crippen molar-refractivity contribution < 1.29 is 23.9 Å². The van der Waals surface area contributed by atoms with E-state index in [1.807, 2.05) is 0 Å². The van der Waals surface area contributed by atoms with Crippen LogP contribution in [0.25, 0.3) is 0 Å². The fraction of sp³-hybridized carbons (Fsp3) is 0.273. The smallest absolute Gasteiger partial charge is 0.326 e. The van der Waals surface area contributed by atoms with Gasteiger partial charge >= 0.3 is 5.97 Å². The summed E-state index contributed by atoms with van der Waals surface area (Å²) >= 11 is 0. The molecule has 0 radical (unpaired) electrons. The molecule has 102 valence electrons. The van der Waals surface area contributed by atoms with Crippen molar-refractivity contribution in [2.75, 3.05) is 0 Å². The number of nitrogens with zero attached hydrogens (tertiary/aromatic N) is 1. The van der Waals surface area contributed by atoms with Crippen LogP contribution in [0.3, 0.4) is 0 Å². The van der Waals surface area contributed by atoms with E-state index in [9.17, 15) is 18.8 Å². The van der Waals surface area contributed by atoms with Gasteiger partial charge in [-0.25, -0.2) is 9.78 Å². The van der Waals surface area contributed by atoms with Gasteiger partial charge in [0.05, 0.1) is 0 Å². The first-order valence-corrected chi connectivity index (χ1v) is 5.34. The molecule has 19 heavy (non-hydrogen) atoms. The Kier molecular flexibility index (Phi) is 4.92. The van der Waals surface area contributed by atoms with Crippen LogP contribution in [0.5, 0.6) is 0 Å². The number of halogens is 1. The predicted molar refractivity (Wildman–Crippen MR) is 61.5 cm³/mol. The molecule has 0 aliphatic heterocycles. The average molecular weight is 269 g/mol. The van der Waals surface area contributed by atoms with Crippen molar-refractivity contribution >= 4 is 17.8 Å². The van der Waals surface area contributed by atoms with Crippen molar-refractivity contribution in [3.05, 3.63) is 29.8 Å². The summed E-state index contributed by atoms with van der Waals surface area (Å²) in [5.41, 5.74) is 4.65. The SMILES string of the molecule is NC(=O)CC[C@H](NC(=O)c1cccc(F)n1)C(=O)O. The Bertz CT molecular complexity index is 506. The number of aromatic nitrogens is 1. The van der Waals surface area contributed by atoms with E-state index in [2.05, 4.69) is 10.3 Å². The van der Waals surface area contributed by atoms with Crippen molar-refractivity contribution in [2.45, 2.75) is 18.9 Å². The fourth-order valence-electron chi connectivity index (χ4n) is 1.31. The van der Waals surface area contributed by atoms with E-state index in [1.165, 1.54) is 12.1 Å². The first-order chi connectivity index (χ1) is 8.90. The van der Waals surface area contributed by atoms with E-state index in [-0.39, 0.29) is 18.5 Å². The standard InChI is InChI=1S/C11H12FN3O4/c12-8-3-1-2-6(14-8)10(17)15-7(11(18)19)4-5-9(13)16/h1-3,7H,4-5H2,(H2,13,16)(H,15,17)(H,18,19)/t7-/m0/s1. The van der Waals surface area contributed by atoms with Crippen LogP contribution in [0.4, 0.5) is 4.39 Å². The Morgan fingerprint density at radius 1 is 1.42 bits per heavy atom. The number of nitrogens with one attached hydrogen (secondary N) is 1. The van der Waals surface area contributed by atoms with Gasteiger partial charge in [0.2, 0.25) is 11.9 Å². The highest BCUT2D eigenvalue weighted by Crippen LogP contribution is 2.02. The predicted octanol–water partition coefficient (Wildman–Crippen LogP) is -0.331. The summed E-state index contributed by atoms with van der Waals surface area (Å²) in [5.74, 6) is -3.68. The van der Waals surface area contributed by atoms with Crippen LogP contribution in [-0.2, 0) is 9.59 Å². The van der Waals surface area contributed by atoms with Gasteiger partial charge < -0.3 is 16.2 Å². The number of carbonyl (C=O) groups excluding carboxylic acids is 2. The number of carboxylic acids is 1. The highest BCUT2D eigenvalue weighted by atomic mass is 19.1. The van der Waals surface area contributed by atoms with Crippen LogP contribution in [0, 0.1) is 5.95 Å². The number of carbonyl (C=O) groups is 3. The minimum absolute atomic E-state index is 0.147. The molecule has 4 N–H and O–H groups in total. The lowest BCUT2D eigenvalue weighted by molar-refractivity contribution is -0.139. The lowest BCUT2D eigenvalue weighted by Gasteiger charge is -2.13. The topological polar surface area (TPSA) is 122 Å². The first kappa shape index (κ1) is 14.6. The van der Waals surface area contributed by atoms with Gasteiger partial charge in [0.25, 0.3) is 5.91 Å². The molecule has 1 aromatic rings. The molecule has 0 fully saturated rings. The Morgan fingerprint density at radius 3 is 2.63 bits per heavy atom. The molecule has 1 rings (SSSR count). The number of hydrogen-bond acceptors (Lipinski definition) is 4. The summed E-state index contributed by atoms with van der Waals surface area (Å²) in [7, 11) is 0. The zero-order valence-electron chi connectivity index (χ0n) is 9.80. The fourth-order valence-corrected chi connectivity index (χ4v) is 1.31. The van der Waals surface area contributed by atoms with Gasteiger partial charge in [-0.2, -0.15) is 4.39 Å². The molecule has 0 aliphatic rings. The van der Waals surface area contributed by atoms with Gasteiger partial charge in [0, 0.05) is 6.42 Å². The number of hydrogen-bond donors (Lipinski definition) is 3. The summed E-state index contributed by atoms with van der Waals surface area (Å²) in [6, 6.07) is 2.28. The molecule has 8 heteroatoms. The molecular formula is C11H12FN3O4. The Morgan fingerprint density at radius 2 is 2.11 bits per heavy atom. The van der Waals surface area contributed by atoms with Crippen molar-refractivity contribution in [1.29, 1.82) is 0 Å². The molecule has 0 spiro atoms. The molecule has 0 saturated heterocycles. The first-order valence-electron chi connectivity index (χ1n) is 5.34. The highest BCUT2D eigenvalue weighted by Gasteiger charge is 2.21. The van der Waals surface area contributed by atoms with Crippen LogP contribution >= 0.6 is 0 Å². The van der Waals surface area contributed by atoms with Crippen LogP contribution in [0.1, 0.15) is 23.3 Å². The minimum Gasteiger partial charge on any atom is -0.480 e. The van der Waals surface area contributed by atoms with Crippen molar-refractivity contribution in [3.63, 3.8) is 0 Å². The van der Waals surface area contributed by atoms with E-state index >= 15 is 0 Å². The lowest BCUT2D eigenvalue weighted by atomic mass is 10.1. The third kappa shape index (κ3) is 4.70. The molecule has 0 saturated carbocycles.